The SMILES string of the molecule is COc1ccc(-c2nnc3ccc(Cl)nn23)c(OC)c1. The number of benzene rings is 1. The Hall–Kier alpha value is -2.34. The van der Waals surface area contributed by atoms with Gasteiger partial charge in [0.1, 0.15) is 16.7 Å². The zero-order chi connectivity index (χ0) is 14.1. The lowest BCUT2D eigenvalue weighted by molar-refractivity contribution is 0.395. The van der Waals surface area contributed by atoms with E-state index in [0.717, 1.165) is 5.56 Å². The molecule has 3 aromatic rings. The van der Waals surface area contributed by atoms with Crippen molar-refractivity contribution in [1.82, 2.24) is 19.8 Å². The number of methoxy groups -OCH3 is 2. The third kappa shape index (κ3) is 2.04. The van der Waals surface area contributed by atoms with Crippen LogP contribution < -0.4 is 9.47 Å². The molecule has 0 fully saturated rings. The maximum absolute atomic E-state index is 5.92. The number of nitrogens with zero attached hydrogens (tertiary/aromatic N) is 4. The zero-order valence-electron chi connectivity index (χ0n) is 10.9. The summed E-state index contributed by atoms with van der Waals surface area (Å²) in [4.78, 5) is 0. The molecule has 6 nitrogen and oxygen atoms in total. The standard InChI is InChI=1S/C13H11ClN4O2/c1-19-8-3-4-9(10(7-8)20-2)13-16-15-12-6-5-11(14)17-18(12)13/h3-7H,1-2H3. The van der Waals surface area contributed by atoms with Gasteiger partial charge in [0.05, 0.1) is 19.8 Å². The first-order valence-corrected chi connectivity index (χ1v) is 6.21. The molecule has 0 saturated carbocycles. The predicted molar refractivity (Wildman–Crippen MR) is 74.3 cm³/mol. The van der Waals surface area contributed by atoms with Crippen molar-refractivity contribution in [3.05, 3.63) is 35.5 Å². The Morgan fingerprint density at radius 2 is 1.90 bits per heavy atom. The Balaban J connectivity index is 2.22. The Bertz CT molecular complexity index is 772. The molecule has 0 spiro atoms. The Morgan fingerprint density at radius 3 is 2.65 bits per heavy atom. The highest BCUT2D eigenvalue weighted by Crippen LogP contribution is 2.32. The van der Waals surface area contributed by atoms with E-state index in [4.69, 9.17) is 21.1 Å². The summed E-state index contributed by atoms with van der Waals surface area (Å²) in [7, 11) is 3.18. The second kappa shape index (κ2) is 4.97. The molecule has 0 aliphatic heterocycles. The van der Waals surface area contributed by atoms with Crippen molar-refractivity contribution >= 4 is 17.2 Å². The fourth-order valence-electron chi connectivity index (χ4n) is 1.92. The van der Waals surface area contributed by atoms with E-state index in [1.54, 1.807) is 36.9 Å². The van der Waals surface area contributed by atoms with Gasteiger partial charge in [-0.2, -0.15) is 9.61 Å². The van der Waals surface area contributed by atoms with E-state index in [2.05, 4.69) is 15.3 Å². The molecule has 0 aliphatic rings. The van der Waals surface area contributed by atoms with Crippen molar-refractivity contribution in [3.63, 3.8) is 0 Å². The summed E-state index contributed by atoms with van der Waals surface area (Å²) in [6.45, 7) is 0. The van der Waals surface area contributed by atoms with E-state index in [9.17, 15) is 0 Å². The van der Waals surface area contributed by atoms with Crippen molar-refractivity contribution in [3.8, 4) is 22.9 Å². The maximum atomic E-state index is 5.92. The van der Waals surface area contributed by atoms with Crippen LogP contribution in [0.5, 0.6) is 11.5 Å². The molecule has 0 unspecified atom stereocenters. The number of ether oxygens (including phenoxy) is 2. The quantitative estimate of drug-likeness (QED) is 0.741. The number of halogens is 1. The van der Waals surface area contributed by atoms with E-state index in [0.29, 0.717) is 28.1 Å². The number of hydrogen-bond acceptors (Lipinski definition) is 5. The van der Waals surface area contributed by atoms with Crippen LogP contribution >= 0.6 is 11.6 Å². The van der Waals surface area contributed by atoms with Crippen LogP contribution in [0.15, 0.2) is 30.3 Å². The van der Waals surface area contributed by atoms with Crippen LogP contribution in [-0.4, -0.2) is 34.0 Å². The highest BCUT2D eigenvalue weighted by atomic mass is 35.5. The second-order valence-corrected chi connectivity index (χ2v) is 4.40. The molecule has 102 valence electrons. The van der Waals surface area contributed by atoms with Crippen LogP contribution in [0, 0.1) is 0 Å². The van der Waals surface area contributed by atoms with Crippen LogP contribution in [-0.2, 0) is 0 Å². The normalized spacial score (nSPS) is 10.8. The number of fused-ring (bicyclic) bond motifs is 1. The van der Waals surface area contributed by atoms with Crippen molar-refractivity contribution < 1.29 is 9.47 Å². The first-order valence-electron chi connectivity index (χ1n) is 5.83. The van der Waals surface area contributed by atoms with Crippen LogP contribution in [0.3, 0.4) is 0 Å². The van der Waals surface area contributed by atoms with Gasteiger partial charge >= 0.3 is 0 Å². The molecule has 0 atom stereocenters. The predicted octanol–water partition coefficient (Wildman–Crippen LogP) is 2.46. The van der Waals surface area contributed by atoms with Crippen LogP contribution in [0.4, 0.5) is 0 Å². The fourth-order valence-corrected chi connectivity index (χ4v) is 2.06. The van der Waals surface area contributed by atoms with Gasteiger partial charge in [0.15, 0.2) is 11.5 Å². The van der Waals surface area contributed by atoms with Gasteiger partial charge in [0.25, 0.3) is 0 Å². The topological polar surface area (TPSA) is 61.5 Å². The lowest BCUT2D eigenvalue weighted by Crippen LogP contribution is -1.97. The van der Waals surface area contributed by atoms with Gasteiger partial charge < -0.3 is 9.47 Å². The Morgan fingerprint density at radius 1 is 1.05 bits per heavy atom. The molecular weight excluding hydrogens is 280 g/mol. The molecule has 0 saturated heterocycles. The van der Waals surface area contributed by atoms with Gasteiger partial charge in [-0.05, 0) is 24.3 Å². The van der Waals surface area contributed by atoms with E-state index in [1.165, 1.54) is 0 Å². The highest BCUT2D eigenvalue weighted by Gasteiger charge is 2.15. The lowest BCUT2D eigenvalue weighted by Gasteiger charge is -2.08. The summed E-state index contributed by atoms with van der Waals surface area (Å²) in [5, 5.41) is 12.8. The minimum absolute atomic E-state index is 0.367. The van der Waals surface area contributed by atoms with Gasteiger partial charge in [-0.15, -0.1) is 10.2 Å². The summed E-state index contributed by atoms with van der Waals surface area (Å²) in [5.74, 6) is 1.88. The summed E-state index contributed by atoms with van der Waals surface area (Å²) in [5.41, 5.74) is 1.37. The van der Waals surface area contributed by atoms with Gasteiger partial charge in [0, 0.05) is 6.07 Å². The first kappa shape index (κ1) is 12.7. The van der Waals surface area contributed by atoms with Gasteiger partial charge in [-0.3, -0.25) is 0 Å². The Kier molecular flexibility index (Phi) is 3.15. The molecule has 2 heterocycles. The maximum Gasteiger partial charge on any atom is 0.189 e. The minimum Gasteiger partial charge on any atom is -0.497 e. The average Bonchev–Trinajstić information content (AvgIpc) is 2.89. The molecule has 0 aliphatic carbocycles. The fraction of sp³-hybridized carbons (Fsp3) is 0.154. The monoisotopic (exact) mass is 290 g/mol. The molecule has 1 aromatic carbocycles. The van der Waals surface area contributed by atoms with E-state index in [-0.39, 0.29) is 0 Å². The molecule has 2 aromatic heterocycles. The number of rotatable bonds is 3. The molecule has 3 rings (SSSR count). The van der Waals surface area contributed by atoms with Crippen molar-refractivity contribution in [2.45, 2.75) is 0 Å². The summed E-state index contributed by atoms with van der Waals surface area (Å²) in [6, 6.07) is 8.86. The molecule has 0 radical (unpaired) electrons. The number of aromatic nitrogens is 4. The van der Waals surface area contributed by atoms with Crippen molar-refractivity contribution in [2.75, 3.05) is 14.2 Å². The molecule has 0 bridgehead atoms. The van der Waals surface area contributed by atoms with Crippen LogP contribution in [0.25, 0.3) is 17.0 Å². The third-order valence-electron chi connectivity index (χ3n) is 2.88. The van der Waals surface area contributed by atoms with E-state index < -0.39 is 0 Å². The number of hydrogen-bond donors (Lipinski definition) is 0. The van der Waals surface area contributed by atoms with Gasteiger partial charge in [-0.1, -0.05) is 11.6 Å². The van der Waals surface area contributed by atoms with E-state index >= 15 is 0 Å². The first-order chi connectivity index (χ1) is 9.72. The lowest BCUT2D eigenvalue weighted by atomic mass is 10.2. The Labute approximate surface area is 119 Å². The van der Waals surface area contributed by atoms with Crippen LogP contribution in [0.1, 0.15) is 0 Å². The summed E-state index contributed by atoms with van der Waals surface area (Å²) in [6.07, 6.45) is 0. The van der Waals surface area contributed by atoms with E-state index in [1.807, 2.05) is 12.1 Å². The van der Waals surface area contributed by atoms with Crippen molar-refractivity contribution in [2.24, 2.45) is 0 Å². The van der Waals surface area contributed by atoms with Crippen LogP contribution in [0.2, 0.25) is 5.15 Å². The molecule has 20 heavy (non-hydrogen) atoms. The average molecular weight is 291 g/mol. The largest absolute Gasteiger partial charge is 0.497 e. The molecular formula is C13H11ClN4O2. The zero-order valence-corrected chi connectivity index (χ0v) is 11.6. The second-order valence-electron chi connectivity index (χ2n) is 4.02. The minimum atomic E-state index is 0.367. The van der Waals surface area contributed by atoms with Gasteiger partial charge in [0.2, 0.25) is 0 Å². The smallest absolute Gasteiger partial charge is 0.189 e. The molecule has 0 amide bonds. The third-order valence-corrected chi connectivity index (χ3v) is 3.08. The summed E-state index contributed by atoms with van der Waals surface area (Å²) < 4.78 is 12.1. The highest BCUT2D eigenvalue weighted by molar-refractivity contribution is 6.29. The van der Waals surface area contributed by atoms with Gasteiger partial charge in [-0.25, -0.2) is 0 Å². The molecule has 0 N–H and O–H groups in total. The van der Waals surface area contributed by atoms with Crippen molar-refractivity contribution in [1.29, 1.82) is 0 Å². The summed E-state index contributed by atoms with van der Waals surface area (Å²) >= 11 is 5.92. The molecule has 7 heteroatoms.